The Kier molecular flexibility index (Phi) is 5.89. The molecule has 1 aromatic heterocycles. The van der Waals surface area contributed by atoms with Crippen molar-refractivity contribution in [3.8, 4) is 11.5 Å². The minimum Gasteiger partial charge on any atom is -0.507 e. The fraction of sp³-hybridized carbons (Fsp3) is 0.160. The zero-order chi connectivity index (χ0) is 22.7. The first kappa shape index (κ1) is 21.1. The van der Waals surface area contributed by atoms with Crippen molar-refractivity contribution >= 4 is 17.4 Å². The van der Waals surface area contributed by atoms with Crippen molar-refractivity contribution in [2.24, 2.45) is 0 Å². The largest absolute Gasteiger partial charge is 0.507 e. The summed E-state index contributed by atoms with van der Waals surface area (Å²) in [6, 6.07) is 16.6. The van der Waals surface area contributed by atoms with Crippen LogP contribution in [0.3, 0.4) is 0 Å². The van der Waals surface area contributed by atoms with E-state index in [0.717, 1.165) is 5.56 Å². The van der Waals surface area contributed by atoms with Gasteiger partial charge in [0.25, 0.3) is 11.7 Å². The fourth-order valence-corrected chi connectivity index (χ4v) is 3.87. The first-order valence-corrected chi connectivity index (χ1v) is 9.99. The molecule has 1 saturated heterocycles. The Balaban J connectivity index is 1.90. The van der Waals surface area contributed by atoms with E-state index in [1.807, 2.05) is 6.07 Å². The number of nitrogens with zero attached hydrogens (tertiary/aromatic N) is 2. The van der Waals surface area contributed by atoms with Gasteiger partial charge in [-0.3, -0.25) is 14.6 Å². The number of carbonyl (C=O) groups is 2. The SMILES string of the molecule is COc1cccc(/C(O)=C2\C(=O)C(=O)N(Cc3cccnc3)[C@@H]2c2ccccc2OC)c1. The molecule has 1 amide bonds. The van der Waals surface area contributed by atoms with Gasteiger partial charge in [-0.15, -0.1) is 0 Å². The molecule has 0 spiro atoms. The van der Waals surface area contributed by atoms with Gasteiger partial charge >= 0.3 is 0 Å². The van der Waals surface area contributed by atoms with Gasteiger partial charge in [0, 0.05) is 30.1 Å². The Morgan fingerprint density at radius 1 is 1.03 bits per heavy atom. The molecule has 1 fully saturated rings. The first-order valence-electron chi connectivity index (χ1n) is 9.99. The summed E-state index contributed by atoms with van der Waals surface area (Å²) >= 11 is 0. The van der Waals surface area contributed by atoms with Gasteiger partial charge in [0.15, 0.2) is 0 Å². The van der Waals surface area contributed by atoms with E-state index in [1.54, 1.807) is 67.0 Å². The Morgan fingerprint density at radius 3 is 2.56 bits per heavy atom. The molecule has 3 aromatic rings. The summed E-state index contributed by atoms with van der Waals surface area (Å²) < 4.78 is 10.8. The van der Waals surface area contributed by atoms with E-state index in [0.29, 0.717) is 22.6 Å². The van der Waals surface area contributed by atoms with Crippen molar-refractivity contribution in [2.45, 2.75) is 12.6 Å². The zero-order valence-electron chi connectivity index (χ0n) is 17.7. The molecule has 1 aliphatic rings. The van der Waals surface area contributed by atoms with Crippen LogP contribution in [0, 0.1) is 0 Å². The predicted molar refractivity (Wildman–Crippen MR) is 118 cm³/mol. The summed E-state index contributed by atoms with van der Waals surface area (Å²) in [5.74, 6) is -0.703. The highest BCUT2D eigenvalue weighted by Gasteiger charge is 2.47. The van der Waals surface area contributed by atoms with E-state index in [-0.39, 0.29) is 17.9 Å². The molecule has 2 aromatic carbocycles. The third-order valence-corrected chi connectivity index (χ3v) is 5.39. The van der Waals surface area contributed by atoms with Crippen molar-refractivity contribution in [3.05, 3.63) is 95.3 Å². The van der Waals surface area contributed by atoms with Crippen LogP contribution < -0.4 is 9.47 Å². The van der Waals surface area contributed by atoms with Gasteiger partial charge in [-0.2, -0.15) is 0 Å². The number of aliphatic hydroxyl groups excluding tert-OH is 1. The number of methoxy groups -OCH3 is 2. The van der Waals surface area contributed by atoms with Gasteiger partial charge in [0.1, 0.15) is 17.3 Å². The second-order valence-electron chi connectivity index (χ2n) is 7.26. The number of hydrogen-bond acceptors (Lipinski definition) is 6. The number of rotatable bonds is 6. The molecule has 1 aliphatic heterocycles. The van der Waals surface area contributed by atoms with Gasteiger partial charge < -0.3 is 19.5 Å². The highest BCUT2D eigenvalue weighted by Crippen LogP contribution is 2.43. The van der Waals surface area contributed by atoms with E-state index in [4.69, 9.17) is 9.47 Å². The van der Waals surface area contributed by atoms with Crippen LogP contribution in [0.4, 0.5) is 0 Å². The number of likely N-dealkylation sites (tertiary alicyclic amines) is 1. The van der Waals surface area contributed by atoms with Crippen molar-refractivity contribution < 1.29 is 24.2 Å². The van der Waals surface area contributed by atoms with E-state index in [9.17, 15) is 14.7 Å². The number of carbonyl (C=O) groups excluding carboxylic acids is 2. The minimum absolute atomic E-state index is 0.00311. The standard InChI is InChI=1S/C25H22N2O5/c1-31-18-9-5-8-17(13-18)23(28)21-22(19-10-3-4-11-20(19)32-2)27(25(30)24(21)29)15-16-7-6-12-26-14-16/h3-14,22,28H,15H2,1-2H3/b23-21+/t22-/m1/s1. The van der Waals surface area contributed by atoms with Crippen LogP contribution in [-0.4, -0.2) is 40.9 Å². The van der Waals surface area contributed by atoms with Gasteiger partial charge in [-0.1, -0.05) is 36.4 Å². The predicted octanol–water partition coefficient (Wildman–Crippen LogP) is 3.72. The number of para-hydroxylation sites is 1. The Bertz CT molecular complexity index is 1190. The maximum absolute atomic E-state index is 13.2. The molecule has 7 heteroatoms. The molecule has 32 heavy (non-hydrogen) atoms. The number of benzene rings is 2. The second kappa shape index (κ2) is 8.93. The van der Waals surface area contributed by atoms with Crippen molar-refractivity contribution in [2.75, 3.05) is 14.2 Å². The number of aliphatic hydroxyl groups is 1. The first-order chi connectivity index (χ1) is 15.5. The quantitative estimate of drug-likeness (QED) is 0.364. The lowest BCUT2D eigenvalue weighted by Gasteiger charge is -2.26. The minimum atomic E-state index is -0.836. The lowest BCUT2D eigenvalue weighted by Crippen LogP contribution is -2.29. The summed E-state index contributed by atoms with van der Waals surface area (Å²) in [5, 5.41) is 11.2. The van der Waals surface area contributed by atoms with Crippen LogP contribution in [0.5, 0.6) is 11.5 Å². The molecule has 2 heterocycles. The molecular formula is C25H22N2O5. The summed E-state index contributed by atoms with van der Waals surface area (Å²) in [6.45, 7) is 0.149. The highest BCUT2D eigenvalue weighted by atomic mass is 16.5. The molecule has 0 saturated carbocycles. The smallest absolute Gasteiger partial charge is 0.295 e. The van der Waals surface area contributed by atoms with Crippen LogP contribution in [0.15, 0.2) is 78.6 Å². The van der Waals surface area contributed by atoms with Crippen LogP contribution in [0.25, 0.3) is 5.76 Å². The van der Waals surface area contributed by atoms with Crippen molar-refractivity contribution in [1.29, 1.82) is 0 Å². The Hall–Kier alpha value is -4.13. The molecule has 0 radical (unpaired) electrons. The molecule has 4 rings (SSSR count). The average molecular weight is 430 g/mol. The van der Waals surface area contributed by atoms with E-state index < -0.39 is 17.7 Å². The zero-order valence-corrected chi connectivity index (χ0v) is 17.7. The van der Waals surface area contributed by atoms with Crippen LogP contribution in [-0.2, 0) is 16.1 Å². The van der Waals surface area contributed by atoms with Crippen LogP contribution in [0.1, 0.15) is 22.7 Å². The number of pyridine rings is 1. The summed E-state index contributed by atoms with van der Waals surface area (Å²) in [5.41, 5.74) is 1.73. The van der Waals surface area contributed by atoms with E-state index in [1.165, 1.54) is 19.1 Å². The maximum atomic E-state index is 13.2. The maximum Gasteiger partial charge on any atom is 0.295 e. The molecule has 7 nitrogen and oxygen atoms in total. The average Bonchev–Trinajstić information content (AvgIpc) is 3.09. The van der Waals surface area contributed by atoms with Gasteiger partial charge in [0.2, 0.25) is 0 Å². The number of aromatic nitrogens is 1. The molecule has 162 valence electrons. The monoisotopic (exact) mass is 430 g/mol. The third-order valence-electron chi connectivity index (χ3n) is 5.39. The van der Waals surface area contributed by atoms with Crippen molar-refractivity contribution in [3.63, 3.8) is 0 Å². The summed E-state index contributed by atoms with van der Waals surface area (Å²) in [6.07, 6.45) is 3.28. The van der Waals surface area contributed by atoms with Crippen LogP contribution >= 0.6 is 0 Å². The highest BCUT2D eigenvalue weighted by molar-refractivity contribution is 6.46. The van der Waals surface area contributed by atoms with Gasteiger partial charge in [0.05, 0.1) is 25.8 Å². The Labute approximate surface area is 185 Å². The number of ketones is 1. The molecule has 1 atom stereocenters. The lowest BCUT2D eigenvalue weighted by atomic mass is 9.94. The number of amides is 1. The number of ether oxygens (including phenoxy) is 2. The van der Waals surface area contributed by atoms with Crippen LogP contribution in [0.2, 0.25) is 0 Å². The van der Waals surface area contributed by atoms with Gasteiger partial charge in [-0.05, 0) is 29.8 Å². The van der Waals surface area contributed by atoms with Crippen molar-refractivity contribution in [1.82, 2.24) is 9.88 Å². The lowest BCUT2D eigenvalue weighted by molar-refractivity contribution is -0.140. The molecular weight excluding hydrogens is 408 g/mol. The van der Waals surface area contributed by atoms with E-state index in [2.05, 4.69) is 4.98 Å². The molecule has 0 unspecified atom stereocenters. The Morgan fingerprint density at radius 2 is 1.84 bits per heavy atom. The normalized spacial score (nSPS) is 17.4. The molecule has 1 N–H and O–H groups in total. The third kappa shape index (κ3) is 3.80. The second-order valence-corrected chi connectivity index (χ2v) is 7.26. The van der Waals surface area contributed by atoms with E-state index >= 15 is 0 Å². The fourth-order valence-electron chi connectivity index (χ4n) is 3.87. The number of hydrogen-bond donors (Lipinski definition) is 1. The van der Waals surface area contributed by atoms with Gasteiger partial charge in [-0.25, -0.2) is 0 Å². The topological polar surface area (TPSA) is 89.0 Å². The summed E-state index contributed by atoms with van der Waals surface area (Å²) in [4.78, 5) is 31.8. The summed E-state index contributed by atoms with van der Waals surface area (Å²) in [7, 11) is 3.04. The molecule has 0 bridgehead atoms. The molecule has 0 aliphatic carbocycles. The number of Topliss-reactive ketones (excluding diaryl/α,β-unsaturated/α-hetero) is 1.